The lowest BCUT2D eigenvalue weighted by Gasteiger charge is -2.25. The van der Waals surface area contributed by atoms with Crippen molar-refractivity contribution in [2.45, 2.75) is 40.0 Å². The molecular formula is C14H28N2O4S. The number of rotatable bonds is 7. The second-order valence-electron chi connectivity index (χ2n) is 6.59. The van der Waals surface area contributed by atoms with E-state index in [1.165, 1.54) is 4.31 Å². The monoisotopic (exact) mass is 320 g/mol. The summed E-state index contributed by atoms with van der Waals surface area (Å²) in [6, 6.07) is 0. The van der Waals surface area contributed by atoms with Crippen LogP contribution in [0, 0.1) is 5.41 Å². The third-order valence-electron chi connectivity index (χ3n) is 3.38. The fourth-order valence-electron chi connectivity index (χ4n) is 2.11. The molecule has 1 N–H and O–H groups in total. The van der Waals surface area contributed by atoms with Crippen molar-refractivity contribution in [1.82, 2.24) is 9.62 Å². The summed E-state index contributed by atoms with van der Waals surface area (Å²) in [6.07, 6.45) is 1.96. The third-order valence-corrected chi connectivity index (χ3v) is 5.25. The highest BCUT2D eigenvalue weighted by molar-refractivity contribution is 7.89. The van der Waals surface area contributed by atoms with Gasteiger partial charge in [0.25, 0.3) is 0 Å². The SMILES string of the molecule is CC(C)(C)CCCNC(=O)CCS(=O)(=O)N1CCOCC1. The predicted octanol–water partition coefficient (Wildman–Crippen LogP) is 0.981. The summed E-state index contributed by atoms with van der Waals surface area (Å²) in [5.41, 5.74) is 0.254. The van der Waals surface area contributed by atoms with Gasteiger partial charge >= 0.3 is 0 Å². The summed E-state index contributed by atoms with van der Waals surface area (Å²) < 4.78 is 30.6. The maximum Gasteiger partial charge on any atom is 0.221 e. The van der Waals surface area contributed by atoms with Gasteiger partial charge in [0, 0.05) is 26.1 Å². The fraction of sp³-hybridized carbons (Fsp3) is 0.929. The molecule has 1 amide bonds. The Bertz CT molecular complexity index is 423. The molecular weight excluding hydrogens is 292 g/mol. The van der Waals surface area contributed by atoms with Gasteiger partial charge < -0.3 is 10.1 Å². The molecule has 0 atom stereocenters. The molecule has 124 valence electrons. The average molecular weight is 320 g/mol. The van der Waals surface area contributed by atoms with E-state index >= 15 is 0 Å². The van der Waals surface area contributed by atoms with Crippen molar-refractivity contribution < 1.29 is 17.9 Å². The zero-order valence-corrected chi connectivity index (χ0v) is 14.2. The van der Waals surface area contributed by atoms with Crippen LogP contribution in [-0.2, 0) is 19.6 Å². The summed E-state index contributed by atoms with van der Waals surface area (Å²) in [5, 5.41) is 2.78. The van der Waals surface area contributed by atoms with E-state index in [4.69, 9.17) is 4.74 Å². The first-order chi connectivity index (χ1) is 9.71. The van der Waals surface area contributed by atoms with Gasteiger partial charge in [-0.1, -0.05) is 20.8 Å². The smallest absolute Gasteiger partial charge is 0.221 e. The molecule has 1 fully saturated rings. The third kappa shape index (κ3) is 7.78. The van der Waals surface area contributed by atoms with E-state index in [1.54, 1.807) is 0 Å². The number of amides is 1. The zero-order valence-electron chi connectivity index (χ0n) is 13.4. The molecule has 0 aliphatic carbocycles. The minimum absolute atomic E-state index is 0.0230. The Kier molecular flexibility index (Phi) is 7.09. The van der Waals surface area contributed by atoms with Crippen LogP contribution in [0.5, 0.6) is 0 Å². The van der Waals surface area contributed by atoms with Crippen molar-refractivity contribution in [3.05, 3.63) is 0 Å². The van der Waals surface area contributed by atoms with Gasteiger partial charge in [0.05, 0.1) is 19.0 Å². The van der Waals surface area contributed by atoms with Crippen LogP contribution in [0.4, 0.5) is 0 Å². The van der Waals surface area contributed by atoms with Crippen molar-refractivity contribution in [2.24, 2.45) is 5.41 Å². The van der Waals surface area contributed by atoms with E-state index in [9.17, 15) is 13.2 Å². The largest absolute Gasteiger partial charge is 0.379 e. The molecule has 1 aliphatic heterocycles. The molecule has 21 heavy (non-hydrogen) atoms. The number of sulfonamides is 1. The number of carbonyl (C=O) groups excluding carboxylic acids is 1. The van der Waals surface area contributed by atoms with E-state index in [1.807, 2.05) is 0 Å². The molecule has 1 heterocycles. The topological polar surface area (TPSA) is 75.7 Å². The van der Waals surface area contributed by atoms with Gasteiger partial charge in [0.1, 0.15) is 0 Å². The lowest BCUT2D eigenvalue weighted by atomic mass is 9.91. The Balaban J connectivity index is 2.22. The highest BCUT2D eigenvalue weighted by atomic mass is 32.2. The van der Waals surface area contributed by atoms with E-state index in [2.05, 4.69) is 26.1 Å². The van der Waals surface area contributed by atoms with Crippen molar-refractivity contribution in [3.63, 3.8) is 0 Å². The number of nitrogens with one attached hydrogen (secondary N) is 1. The lowest BCUT2D eigenvalue weighted by Crippen LogP contribution is -2.42. The molecule has 1 saturated heterocycles. The summed E-state index contributed by atoms with van der Waals surface area (Å²) >= 11 is 0. The predicted molar refractivity (Wildman–Crippen MR) is 82.5 cm³/mol. The molecule has 6 nitrogen and oxygen atoms in total. The van der Waals surface area contributed by atoms with Crippen molar-refractivity contribution in [2.75, 3.05) is 38.6 Å². The standard InChI is InChI=1S/C14H28N2O4S/c1-14(2,3)6-4-7-15-13(17)5-12-21(18,19)16-8-10-20-11-9-16/h4-12H2,1-3H3,(H,15,17). The van der Waals surface area contributed by atoms with Crippen LogP contribution in [0.25, 0.3) is 0 Å². The van der Waals surface area contributed by atoms with Gasteiger partial charge in [-0.2, -0.15) is 4.31 Å². The molecule has 0 aromatic carbocycles. The summed E-state index contributed by atoms with van der Waals surface area (Å²) in [7, 11) is -3.34. The number of ether oxygens (including phenoxy) is 1. The minimum atomic E-state index is -3.34. The molecule has 1 aliphatic rings. The second kappa shape index (κ2) is 8.10. The Morgan fingerprint density at radius 1 is 1.24 bits per heavy atom. The summed E-state index contributed by atoms with van der Waals surface area (Å²) in [4.78, 5) is 11.7. The summed E-state index contributed by atoms with van der Waals surface area (Å²) in [6.45, 7) is 8.70. The molecule has 7 heteroatoms. The van der Waals surface area contributed by atoms with E-state index < -0.39 is 10.0 Å². The van der Waals surface area contributed by atoms with Crippen LogP contribution < -0.4 is 5.32 Å². The van der Waals surface area contributed by atoms with Crippen LogP contribution >= 0.6 is 0 Å². The molecule has 0 bridgehead atoms. The number of nitrogens with zero attached hydrogens (tertiary/aromatic N) is 1. The molecule has 0 unspecified atom stereocenters. The first kappa shape index (κ1) is 18.4. The number of hydrogen-bond donors (Lipinski definition) is 1. The Hall–Kier alpha value is -0.660. The fourth-order valence-corrected chi connectivity index (χ4v) is 3.52. The van der Waals surface area contributed by atoms with Crippen LogP contribution in [-0.4, -0.2) is 57.2 Å². The van der Waals surface area contributed by atoms with Gasteiger partial charge in [-0.05, 0) is 18.3 Å². The van der Waals surface area contributed by atoms with Crippen molar-refractivity contribution >= 4 is 15.9 Å². The zero-order chi connectivity index (χ0) is 15.9. The maximum atomic E-state index is 12.0. The average Bonchev–Trinajstić information content (AvgIpc) is 2.41. The van der Waals surface area contributed by atoms with E-state index in [0.717, 1.165) is 12.8 Å². The van der Waals surface area contributed by atoms with Gasteiger partial charge in [-0.3, -0.25) is 4.79 Å². The Morgan fingerprint density at radius 3 is 2.43 bits per heavy atom. The molecule has 1 rings (SSSR count). The molecule has 0 aromatic rings. The molecule has 0 radical (unpaired) electrons. The van der Waals surface area contributed by atoms with Gasteiger partial charge in [-0.15, -0.1) is 0 Å². The quantitative estimate of drug-likeness (QED) is 0.710. The maximum absolute atomic E-state index is 12.0. The van der Waals surface area contributed by atoms with Crippen molar-refractivity contribution in [3.8, 4) is 0 Å². The second-order valence-corrected chi connectivity index (χ2v) is 8.68. The number of morpholine rings is 1. The molecule has 0 spiro atoms. The lowest BCUT2D eigenvalue weighted by molar-refractivity contribution is -0.120. The number of carbonyl (C=O) groups is 1. The van der Waals surface area contributed by atoms with Crippen LogP contribution in [0.15, 0.2) is 0 Å². The van der Waals surface area contributed by atoms with Gasteiger partial charge in [0.15, 0.2) is 0 Å². The minimum Gasteiger partial charge on any atom is -0.379 e. The van der Waals surface area contributed by atoms with Crippen LogP contribution in [0.2, 0.25) is 0 Å². The Morgan fingerprint density at radius 2 is 1.86 bits per heavy atom. The van der Waals surface area contributed by atoms with Gasteiger partial charge in [0.2, 0.25) is 15.9 Å². The van der Waals surface area contributed by atoms with Crippen LogP contribution in [0.1, 0.15) is 40.0 Å². The van der Waals surface area contributed by atoms with Gasteiger partial charge in [-0.25, -0.2) is 8.42 Å². The summed E-state index contributed by atoms with van der Waals surface area (Å²) in [5.74, 6) is -0.321. The first-order valence-corrected chi connectivity index (χ1v) is 9.14. The Labute approximate surface area is 128 Å². The first-order valence-electron chi connectivity index (χ1n) is 7.53. The van der Waals surface area contributed by atoms with Crippen molar-refractivity contribution in [1.29, 1.82) is 0 Å². The van der Waals surface area contributed by atoms with Crippen LogP contribution in [0.3, 0.4) is 0 Å². The molecule has 0 saturated carbocycles. The van der Waals surface area contributed by atoms with E-state index in [0.29, 0.717) is 32.8 Å². The highest BCUT2D eigenvalue weighted by Crippen LogP contribution is 2.19. The number of hydrogen-bond acceptors (Lipinski definition) is 4. The highest BCUT2D eigenvalue weighted by Gasteiger charge is 2.24. The normalized spacial score (nSPS) is 17.7. The molecule has 0 aromatic heterocycles. The van der Waals surface area contributed by atoms with E-state index in [-0.39, 0.29) is 23.5 Å².